The molecule has 0 bridgehead atoms. The quantitative estimate of drug-likeness (QED) is 0.232. The van der Waals surface area contributed by atoms with E-state index in [9.17, 15) is 0 Å². The molecule has 0 aliphatic carbocycles. The van der Waals surface area contributed by atoms with Crippen molar-refractivity contribution in [2.24, 2.45) is 0 Å². The van der Waals surface area contributed by atoms with Gasteiger partial charge in [0.1, 0.15) is 0 Å². The lowest BCUT2D eigenvalue weighted by atomic mass is 9.86. The molecule has 0 aliphatic rings. The molecule has 0 atom stereocenters. The molecule has 1 nitrogen and oxygen atoms in total. The van der Waals surface area contributed by atoms with Gasteiger partial charge in [0.05, 0.1) is 5.69 Å². The number of nitrogens with one attached hydrogen (secondary N) is 1. The monoisotopic (exact) mass is 545 g/mol. The van der Waals surface area contributed by atoms with E-state index in [0.29, 0.717) is 0 Å². The van der Waals surface area contributed by atoms with Crippen LogP contribution in [0.4, 0.5) is 11.4 Å². The fourth-order valence-electron chi connectivity index (χ4n) is 4.98. The molecule has 186 valence electrons. The smallest absolute Gasteiger partial charge is 0.0573 e. The maximum atomic E-state index is 3.81. The van der Waals surface area contributed by atoms with Crippen molar-refractivity contribution in [3.63, 3.8) is 0 Å². The largest absolute Gasteiger partial charge is 0.354 e. The Labute approximate surface area is 235 Å². The number of hydrogen-bond acceptors (Lipinski definition) is 4. The molecule has 7 rings (SSSR count). The zero-order valence-corrected chi connectivity index (χ0v) is 24.0. The number of anilines is 2. The summed E-state index contributed by atoms with van der Waals surface area (Å²) in [6.45, 7) is 6.83. The summed E-state index contributed by atoms with van der Waals surface area (Å²) in [7, 11) is 0. The Bertz CT molecular complexity index is 1790. The van der Waals surface area contributed by atoms with Crippen LogP contribution in [0.3, 0.4) is 0 Å². The van der Waals surface area contributed by atoms with E-state index in [4.69, 9.17) is 0 Å². The maximum absolute atomic E-state index is 3.81. The number of rotatable bonds is 4. The minimum absolute atomic E-state index is 0.114. The number of hydrogen-bond donors (Lipinski definition) is 1. The summed E-state index contributed by atoms with van der Waals surface area (Å²) >= 11 is 5.52. The van der Waals surface area contributed by atoms with Crippen molar-refractivity contribution in [1.29, 1.82) is 0 Å². The first-order chi connectivity index (χ1) is 18.4. The lowest BCUT2D eigenvalue weighted by molar-refractivity contribution is 0.591. The Morgan fingerprint density at radius 1 is 0.605 bits per heavy atom. The van der Waals surface area contributed by atoms with Gasteiger partial charge in [0.2, 0.25) is 0 Å². The highest BCUT2D eigenvalue weighted by molar-refractivity contribution is 7.22. The van der Waals surface area contributed by atoms with Crippen molar-refractivity contribution in [1.82, 2.24) is 0 Å². The van der Waals surface area contributed by atoms with Crippen LogP contribution in [0.15, 0.2) is 102 Å². The van der Waals surface area contributed by atoms with Gasteiger partial charge in [0, 0.05) is 40.3 Å². The van der Waals surface area contributed by atoms with Crippen molar-refractivity contribution in [2.45, 2.75) is 26.2 Å². The molecule has 0 spiro atoms. The van der Waals surface area contributed by atoms with E-state index in [1.807, 2.05) is 22.7 Å². The highest BCUT2D eigenvalue weighted by Crippen LogP contribution is 2.42. The van der Waals surface area contributed by atoms with Gasteiger partial charge < -0.3 is 5.32 Å². The second-order valence-electron chi connectivity index (χ2n) is 10.8. The van der Waals surface area contributed by atoms with E-state index in [2.05, 4.69) is 129 Å². The Morgan fingerprint density at radius 2 is 1.21 bits per heavy atom. The molecule has 4 heteroatoms. The van der Waals surface area contributed by atoms with Gasteiger partial charge in [0.25, 0.3) is 0 Å². The summed E-state index contributed by atoms with van der Waals surface area (Å²) in [6, 6.07) is 35.8. The van der Waals surface area contributed by atoms with Gasteiger partial charge in [-0.1, -0.05) is 63.2 Å². The molecule has 0 unspecified atom stereocenters. The Balaban J connectivity index is 1.37. The highest BCUT2D eigenvalue weighted by Gasteiger charge is 2.16. The zero-order valence-electron chi connectivity index (χ0n) is 21.5. The normalized spacial score (nSPS) is 12.1. The second kappa shape index (κ2) is 9.09. The third kappa shape index (κ3) is 4.33. The first kappa shape index (κ1) is 23.7. The van der Waals surface area contributed by atoms with Crippen LogP contribution in [0.25, 0.3) is 51.1 Å². The molecule has 0 saturated heterocycles. The third-order valence-electron chi connectivity index (χ3n) is 7.07. The SMILES string of the molecule is CC(C)(C)c1ccc2scc(Nc3cc(-c4cc5ccccc5s4)cc(-c4cc5ccccc5s4)c3)c2c1. The molecule has 0 radical (unpaired) electrons. The zero-order chi connectivity index (χ0) is 25.9. The molecule has 0 amide bonds. The molecule has 7 aromatic rings. The molecule has 3 aromatic heterocycles. The molecule has 3 heterocycles. The van der Waals surface area contributed by atoms with E-state index >= 15 is 0 Å². The van der Waals surface area contributed by atoms with Crippen LogP contribution in [0.5, 0.6) is 0 Å². The number of benzene rings is 4. The van der Waals surface area contributed by atoms with Crippen LogP contribution < -0.4 is 5.32 Å². The van der Waals surface area contributed by atoms with Gasteiger partial charge in [-0.3, -0.25) is 0 Å². The molecule has 4 aromatic carbocycles. The minimum atomic E-state index is 0.114. The van der Waals surface area contributed by atoms with Gasteiger partial charge in [-0.25, -0.2) is 0 Å². The molecular weight excluding hydrogens is 519 g/mol. The molecular formula is C34H27NS3. The summed E-state index contributed by atoms with van der Waals surface area (Å²) in [4.78, 5) is 2.59. The summed E-state index contributed by atoms with van der Waals surface area (Å²) in [5.41, 5.74) is 6.26. The van der Waals surface area contributed by atoms with Crippen molar-refractivity contribution >= 4 is 75.6 Å². The van der Waals surface area contributed by atoms with Crippen molar-refractivity contribution in [3.8, 4) is 20.9 Å². The Morgan fingerprint density at radius 3 is 1.79 bits per heavy atom. The lowest BCUT2D eigenvalue weighted by Crippen LogP contribution is -2.10. The van der Waals surface area contributed by atoms with E-state index in [1.54, 1.807) is 11.3 Å². The predicted octanol–water partition coefficient (Wildman–Crippen LogP) is 11.7. The van der Waals surface area contributed by atoms with Crippen LogP contribution in [-0.4, -0.2) is 0 Å². The summed E-state index contributed by atoms with van der Waals surface area (Å²) in [6.07, 6.45) is 0. The first-order valence-electron chi connectivity index (χ1n) is 12.8. The summed E-state index contributed by atoms with van der Waals surface area (Å²) in [5.74, 6) is 0. The average molecular weight is 546 g/mol. The Kier molecular flexibility index (Phi) is 5.66. The fourth-order valence-corrected chi connectivity index (χ4v) is 7.95. The van der Waals surface area contributed by atoms with E-state index < -0.39 is 0 Å². The predicted molar refractivity (Wildman–Crippen MR) is 172 cm³/mol. The van der Waals surface area contributed by atoms with Crippen molar-refractivity contribution in [2.75, 3.05) is 5.32 Å². The minimum Gasteiger partial charge on any atom is -0.354 e. The molecule has 0 aliphatic heterocycles. The lowest BCUT2D eigenvalue weighted by Gasteiger charge is -2.19. The van der Waals surface area contributed by atoms with Gasteiger partial charge in [0.15, 0.2) is 0 Å². The molecule has 0 saturated carbocycles. The van der Waals surface area contributed by atoms with Gasteiger partial charge >= 0.3 is 0 Å². The number of thiophene rings is 3. The number of fused-ring (bicyclic) bond motifs is 3. The standard InChI is InChI=1S/C34H27NS3/c1-34(2,3)25-12-13-31-27(19-25)28(20-36-31)35-26-15-23(32-17-21-8-4-6-10-29(21)37-32)14-24(16-26)33-18-22-9-5-7-11-30(22)38-33/h4-20,35H,1-3H3. The van der Waals surface area contributed by atoms with Crippen molar-refractivity contribution in [3.05, 3.63) is 108 Å². The topological polar surface area (TPSA) is 12.0 Å². The highest BCUT2D eigenvalue weighted by atomic mass is 32.1. The van der Waals surface area contributed by atoms with Crippen LogP contribution in [0, 0.1) is 0 Å². The van der Waals surface area contributed by atoms with Gasteiger partial charge in [-0.15, -0.1) is 34.0 Å². The molecule has 1 N–H and O–H groups in total. The average Bonchev–Trinajstić information content (AvgIpc) is 3.64. The van der Waals surface area contributed by atoms with Crippen LogP contribution in [0.1, 0.15) is 26.3 Å². The third-order valence-corrected chi connectivity index (χ3v) is 10.4. The van der Waals surface area contributed by atoms with Gasteiger partial charge in [-0.05, 0) is 87.5 Å². The van der Waals surface area contributed by atoms with Crippen LogP contribution in [0.2, 0.25) is 0 Å². The summed E-state index contributed by atoms with van der Waals surface area (Å²) < 4.78 is 3.96. The fraction of sp³-hybridized carbons (Fsp3) is 0.118. The second-order valence-corrected chi connectivity index (χ2v) is 13.9. The van der Waals surface area contributed by atoms with Crippen molar-refractivity contribution < 1.29 is 0 Å². The van der Waals surface area contributed by atoms with Crippen LogP contribution >= 0.6 is 34.0 Å². The van der Waals surface area contributed by atoms with Gasteiger partial charge in [-0.2, -0.15) is 0 Å². The summed E-state index contributed by atoms with van der Waals surface area (Å²) in [5, 5.41) is 9.95. The van der Waals surface area contributed by atoms with E-state index in [0.717, 1.165) is 5.69 Å². The van der Waals surface area contributed by atoms with E-state index in [1.165, 1.54) is 62.4 Å². The molecule has 0 fully saturated rings. The first-order valence-corrected chi connectivity index (χ1v) is 15.3. The van der Waals surface area contributed by atoms with E-state index in [-0.39, 0.29) is 5.41 Å². The maximum Gasteiger partial charge on any atom is 0.0573 e. The Hall–Kier alpha value is -3.44. The van der Waals surface area contributed by atoms with Crippen LogP contribution in [-0.2, 0) is 5.41 Å². The molecule has 38 heavy (non-hydrogen) atoms.